The maximum absolute atomic E-state index is 12.2. The molecule has 0 unspecified atom stereocenters. The SMILES string of the molecule is CC(C=C[C@]1(O)[C@]2(C)C[C@H](O)[C@@H](O)[C@@]1(C)C(=O)O2)=CC(=O)O. The van der Waals surface area contributed by atoms with Crippen LogP contribution in [0.4, 0.5) is 0 Å². The van der Waals surface area contributed by atoms with E-state index in [-0.39, 0.29) is 6.42 Å². The number of fused-ring (bicyclic) bond motifs is 2. The van der Waals surface area contributed by atoms with E-state index in [2.05, 4.69) is 0 Å². The predicted octanol–water partition coefficient (Wildman–Crippen LogP) is -0.248. The number of ether oxygens (including phenoxy) is 1. The van der Waals surface area contributed by atoms with Crippen LogP contribution in [0.3, 0.4) is 0 Å². The Morgan fingerprint density at radius 2 is 1.95 bits per heavy atom. The number of carboxylic acid groups (broad SMARTS) is 1. The lowest BCUT2D eigenvalue weighted by atomic mass is 9.57. The average molecular weight is 312 g/mol. The van der Waals surface area contributed by atoms with Crippen LogP contribution in [0.1, 0.15) is 27.2 Å². The molecule has 7 nitrogen and oxygen atoms in total. The summed E-state index contributed by atoms with van der Waals surface area (Å²) in [5.74, 6) is -1.94. The predicted molar refractivity (Wildman–Crippen MR) is 74.7 cm³/mol. The Morgan fingerprint density at radius 1 is 1.36 bits per heavy atom. The highest BCUT2D eigenvalue weighted by Gasteiger charge is 2.76. The Bertz CT molecular complexity index is 580. The van der Waals surface area contributed by atoms with Gasteiger partial charge in [0.05, 0.1) is 12.2 Å². The largest absolute Gasteiger partial charge is 0.478 e. The zero-order valence-corrected chi connectivity index (χ0v) is 12.6. The smallest absolute Gasteiger partial charge is 0.328 e. The van der Waals surface area contributed by atoms with E-state index in [1.54, 1.807) is 0 Å². The quantitative estimate of drug-likeness (QED) is 0.322. The number of hydrogen-bond acceptors (Lipinski definition) is 6. The zero-order valence-electron chi connectivity index (χ0n) is 12.6. The van der Waals surface area contributed by atoms with Gasteiger partial charge in [0, 0.05) is 12.5 Å². The van der Waals surface area contributed by atoms with Crippen LogP contribution in [0.15, 0.2) is 23.8 Å². The molecule has 2 aliphatic rings. The molecule has 122 valence electrons. The van der Waals surface area contributed by atoms with E-state index in [0.29, 0.717) is 5.57 Å². The molecule has 1 saturated carbocycles. The molecule has 0 radical (unpaired) electrons. The van der Waals surface area contributed by atoms with E-state index in [1.807, 2.05) is 0 Å². The van der Waals surface area contributed by atoms with Gasteiger partial charge in [-0.1, -0.05) is 6.08 Å². The number of hydrogen-bond donors (Lipinski definition) is 4. The van der Waals surface area contributed by atoms with Crippen LogP contribution in [-0.2, 0) is 14.3 Å². The molecule has 1 aliphatic carbocycles. The minimum absolute atomic E-state index is 0.127. The summed E-state index contributed by atoms with van der Waals surface area (Å²) in [6.07, 6.45) is 0.750. The summed E-state index contributed by atoms with van der Waals surface area (Å²) in [7, 11) is 0. The first kappa shape index (κ1) is 16.7. The number of carbonyl (C=O) groups is 2. The molecule has 7 heteroatoms. The van der Waals surface area contributed by atoms with E-state index in [0.717, 1.165) is 6.08 Å². The molecule has 1 heterocycles. The summed E-state index contributed by atoms with van der Waals surface area (Å²) >= 11 is 0. The Balaban J connectivity index is 2.50. The van der Waals surface area contributed by atoms with Gasteiger partial charge in [-0.3, -0.25) is 4.79 Å². The van der Waals surface area contributed by atoms with Crippen LogP contribution in [0.5, 0.6) is 0 Å². The highest BCUT2D eigenvalue weighted by atomic mass is 16.6. The Labute approximate surface area is 127 Å². The number of aliphatic carboxylic acids is 1. The van der Waals surface area contributed by atoms with Crippen LogP contribution in [0, 0.1) is 5.41 Å². The molecule has 1 aliphatic heterocycles. The molecule has 0 amide bonds. The summed E-state index contributed by atoms with van der Waals surface area (Å²) in [6.45, 7) is 4.33. The summed E-state index contributed by atoms with van der Waals surface area (Å²) in [6, 6.07) is 0. The first-order valence-corrected chi connectivity index (χ1v) is 6.90. The van der Waals surface area contributed by atoms with Crippen molar-refractivity contribution in [3.63, 3.8) is 0 Å². The fraction of sp³-hybridized carbons (Fsp3) is 0.600. The number of rotatable bonds is 3. The van der Waals surface area contributed by atoms with E-state index >= 15 is 0 Å². The molecule has 0 spiro atoms. The zero-order chi connectivity index (χ0) is 16.9. The van der Waals surface area contributed by atoms with Gasteiger partial charge in [0.25, 0.3) is 0 Å². The van der Waals surface area contributed by atoms with E-state index in [1.165, 1.54) is 32.9 Å². The number of carbonyl (C=O) groups excluding carboxylic acids is 1. The lowest BCUT2D eigenvalue weighted by Gasteiger charge is -2.49. The van der Waals surface area contributed by atoms with Crippen molar-refractivity contribution >= 4 is 11.9 Å². The molecule has 2 fully saturated rings. The molecule has 5 atom stereocenters. The minimum atomic E-state index is -1.87. The van der Waals surface area contributed by atoms with Crippen molar-refractivity contribution < 1.29 is 34.8 Å². The minimum Gasteiger partial charge on any atom is -0.478 e. The molecular formula is C15H20O7. The second kappa shape index (κ2) is 4.91. The van der Waals surface area contributed by atoms with Gasteiger partial charge in [-0.25, -0.2) is 4.79 Å². The third kappa shape index (κ3) is 2.00. The van der Waals surface area contributed by atoms with Gasteiger partial charge in [0.1, 0.15) is 16.6 Å². The number of aliphatic hydroxyl groups is 3. The maximum atomic E-state index is 12.2. The fourth-order valence-electron chi connectivity index (χ4n) is 3.38. The molecule has 0 aromatic heterocycles. The first-order chi connectivity index (χ1) is 9.98. The van der Waals surface area contributed by atoms with Crippen LogP contribution < -0.4 is 0 Å². The molecule has 0 aromatic rings. The van der Waals surface area contributed by atoms with E-state index < -0.39 is 40.8 Å². The van der Waals surface area contributed by atoms with Gasteiger partial charge in [0.15, 0.2) is 0 Å². The highest BCUT2D eigenvalue weighted by molar-refractivity contribution is 5.84. The van der Waals surface area contributed by atoms with Crippen molar-refractivity contribution in [1.82, 2.24) is 0 Å². The van der Waals surface area contributed by atoms with Crippen molar-refractivity contribution in [3.05, 3.63) is 23.8 Å². The van der Waals surface area contributed by atoms with Gasteiger partial charge < -0.3 is 25.2 Å². The van der Waals surface area contributed by atoms with Gasteiger partial charge in [-0.05, 0) is 32.4 Å². The fourth-order valence-corrected chi connectivity index (χ4v) is 3.38. The Kier molecular flexibility index (Phi) is 3.72. The van der Waals surface area contributed by atoms with Gasteiger partial charge in [0.2, 0.25) is 0 Å². The molecule has 22 heavy (non-hydrogen) atoms. The summed E-state index contributed by atoms with van der Waals surface area (Å²) in [5, 5.41) is 39.9. The second-order valence-corrected chi connectivity index (χ2v) is 6.37. The Hall–Kier alpha value is -1.70. The molecule has 0 aromatic carbocycles. The van der Waals surface area contributed by atoms with Crippen molar-refractivity contribution in [2.75, 3.05) is 0 Å². The van der Waals surface area contributed by atoms with E-state index in [9.17, 15) is 24.9 Å². The monoisotopic (exact) mass is 312 g/mol. The lowest BCUT2D eigenvalue weighted by Crippen LogP contribution is -2.67. The maximum Gasteiger partial charge on any atom is 0.328 e. The molecule has 4 N–H and O–H groups in total. The number of esters is 1. The van der Waals surface area contributed by atoms with Crippen molar-refractivity contribution in [2.45, 2.75) is 50.6 Å². The van der Waals surface area contributed by atoms with Gasteiger partial charge >= 0.3 is 11.9 Å². The normalized spacial score (nSPS) is 45.2. The van der Waals surface area contributed by atoms with Gasteiger partial charge in [-0.2, -0.15) is 0 Å². The summed E-state index contributed by atoms with van der Waals surface area (Å²) in [5.41, 5.74) is -4.67. The van der Waals surface area contributed by atoms with Crippen molar-refractivity contribution in [1.29, 1.82) is 0 Å². The number of aliphatic hydroxyl groups excluding tert-OH is 2. The van der Waals surface area contributed by atoms with Gasteiger partial charge in [-0.15, -0.1) is 0 Å². The lowest BCUT2D eigenvalue weighted by molar-refractivity contribution is -0.196. The summed E-state index contributed by atoms with van der Waals surface area (Å²) in [4.78, 5) is 22.8. The summed E-state index contributed by atoms with van der Waals surface area (Å²) < 4.78 is 5.25. The van der Waals surface area contributed by atoms with Crippen LogP contribution in [0.2, 0.25) is 0 Å². The number of carboxylic acids is 1. The van der Waals surface area contributed by atoms with E-state index in [4.69, 9.17) is 9.84 Å². The van der Waals surface area contributed by atoms with Crippen LogP contribution >= 0.6 is 0 Å². The molecule has 1 saturated heterocycles. The van der Waals surface area contributed by atoms with Crippen molar-refractivity contribution in [3.8, 4) is 0 Å². The topological polar surface area (TPSA) is 124 Å². The first-order valence-electron chi connectivity index (χ1n) is 6.90. The second-order valence-electron chi connectivity index (χ2n) is 6.37. The Morgan fingerprint density at radius 3 is 2.50 bits per heavy atom. The molecule has 2 rings (SSSR count). The standard InChI is InChI=1S/C15H20O7/c1-8(6-10(17)18)4-5-15(21)13(2)7-9(16)11(19)14(15,3)12(20)22-13/h4-6,9,11,16,19,21H,7H2,1-3H3,(H,17,18)/t9-,11+,13-,14-,15-/m0/s1. The third-order valence-electron chi connectivity index (χ3n) is 4.83. The van der Waals surface area contributed by atoms with Crippen molar-refractivity contribution in [2.24, 2.45) is 5.41 Å². The van der Waals surface area contributed by atoms with Crippen LogP contribution in [-0.4, -0.2) is 55.8 Å². The molecule has 2 bridgehead atoms. The molecular weight excluding hydrogens is 292 g/mol. The average Bonchev–Trinajstić information content (AvgIpc) is 2.49. The number of allylic oxidation sites excluding steroid dienone is 2. The highest BCUT2D eigenvalue weighted by Crippen LogP contribution is 2.58. The van der Waals surface area contributed by atoms with Crippen LogP contribution in [0.25, 0.3) is 0 Å². The third-order valence-corrected chi connectivity index (χ3v) is 4.83.